The van der Waals surface area contributed by atoms with E-state index in [1.807, 2.05) is 23.5 Å². The smallest absolute Gasteiger partial charge is 0.251 e. The first-order chi connectivity index (χ1) is 15.0. The molecule has 1 fully saturated rings. The predicted octanol–water partition coefficient (Wildman–Crippen LogP) is 2.53. The van der Waals surface area contributed by atoms with Crippen LogP contribution in [0.5, 0.6) is 0 Å². The molecule has 0 bridgehead atoms. The highest BCUT2D eigenvalue weighted by molar-refractivity contribution is 7.10. The molecule has 1 heterocycles. The monoisotopic (exact) mass is 441 g/mol. The lowest BCUT2D eigenvalue weighted by atomic mass is 9.73. The molecule has 0 aliphatic heterocycles. The second kappa shape index (κ2) is 10.9. The predicted molar refractivity (Wildman–Crippen MR) is 125 cm³/mol. The summed E-state index contributed by atoms with van der Waals surface area (Å²) in [4.78, 5) is 28.6. The van der Waals surface area contributed by atoms with Gasteiger partial charge in [0.1, 0.15) is 0 Å². The van der Waals surface area contributed by atoms with Gasteiger partial charge in [0.25, 0.3) is 5.91 Å². The molecule has 1 aliphatic carbocycles. The number of amides is 2. The molecule has 31 heavy (non-hydrogen) atoms. The van der Waals surface area contributed by atoms with Crippen molar-refractivity contribution >= 4 is 29.1 Å². The van der Waals surface area contributed by atoms with E-state index in [4.69, 9.17) is 5.73 Å². The number of nitrogens with two attached hydrogens (primary N) is 1. The second-order valence-electron chi connectivity index (χ2n) is 7.94. The van der Waals surface area contributed by atoms with Crippen LogP contribution in [0.4, 0.5) is 0 Å². The van der Waals surface area contributed by atoms with Gasteiger partial charge in [-0.15, -0.1) is 11.3 Å². The van der Waals surface area contributed by atoms with Crippen LogP contribution in [0.15, 0.2) is 46.8 Å². The maximum absolute atomic E-state index is 12.0. The molecule has 2 aromatic rings. The molecule has 8 heteroatoms. The average molecular weight is 442 g/mol. The standard InChI is InChI=1S/C23H31N5O2S/c1-25-22(28-16-23(11-3-2-4-12-23)19-6-5-13-31-19)27-14-17-7-9-18(10-8-17)21(30)26-15-20(24)29/h5-10,13H,2-4,11-12,14-16H2,1H3,(H2,24,29)(H,26,30)(H2,25,27,28). The molecule has 0 saturated heterocycles. The summed E-state index contributed by atoms with van der Waals surface area (Å²) in [6.45, 7) is 1.29. The summed E-state index contributed by atoms with van der Waals surface area (Å²) < 4.78 is 0. The van der Waals surface area contributed by atoms with Crippen molar-refractivity contribution in [2.45, 2.75) is 44.1 Å². The highest BCUT2D eigenvalue weighted by Gasteiger charge is 2.34. The third kappa shape index (κ3) is 6.30. The number of benzene rings is 1. The fraction of sp³-hybridized carbons (Fsp3) is 0.435. The van der Waals surface area contributed by atoms with Crippen LogP contribution in [0, 0.1) is 0 Å². The summed E-state index contributed by atoms with van der Waals surface area (Å²) in [5.74, 6) is -0.117. The van der Waals surface area contributed by atoms with Crippen LogP contribution in [-0.4, -0.2) is 37.9 Å². The van der Waals surface area contributed by atoms with Crippen LogP contribution in [0.2, 0.25) is 0 Å². The van der Waals surface area contributed by atoms with Crippen LogP contribution in [0.1, 0.15) is 52.9 Å². The minimum Gasteiger partial charge on any atom is -0.368 e. The first-order valence-corrected chi connectivity index (χ1v) is 11.5. The van der Waals surface area contributed by atoms with E-state index in [1.54, 1.807) is 19.2 Å². The summed E-state index contributed by atoms with van der Waals surface area (Å²) in [5, 5.41) is 11.5. The van der Waals surface area contributed by atoms with Gasteiger partial charge in [0.15, 0.2) is 5.96 Å². The Hall–Kier alpha value is -2.87. The number of carbonyl (C=O) groups is 2. The number of aliphatic imine (C=N–C) groups is 1. The zero-order chi connectivity index (χ0) is 22.1. The van der Waals surface area contributed by atoms with E-state index < -0.39 is 5.91 Å². The van der Waals surface area contributed by atoms with Crippen molar-refractivity contribution in [2.24, 2.45) is 10.7 Å². The highest BCUT2D eigenvalue weighted by Crippen LogP contribution is 2.41. The molecule has 1 aromatic heterocycles. The van der Waals surface area contributed by atoms with Crippen molar-refractivity contribution in [2.75, 3.05) is 20.1 Å². The molecule has 0 radical (unpaired) electrons. The van der Waals surface area contributed by atoms with Crippen LogP contribution >= 0.6 is 11.3 Å². The van der Waals surface area contributed by atoms with E-state index >= 15 is 0 Å². The molecule has 1 saturated carbocycles. The van der Waals surface area contributed by atoms with Gasteiger partial charge in [-0.3, -0.25) is 14.6 Å². The number of hydrogen-bond acceptors (Lipinski definition) is 4. The Kier molecular flexibility index (Phi) is 8.06. The van der Waals surface area contributed by atoms with Crippen molar-refractivity contribution in [3.05, 3.63) is 57.8 Å². The molecule has 1 aliphatic rings. The van der Waals surface area contributed by atoms with Gasteiger partial charge in [-0.05, 0) is 42.0 Å². The summed E-state index contributed by atoms with van der Waals surface area (Å²) >= 11 is 1.85. The summed E-state index contributed by atoms with van der Waals surface area (Å²) in [5.41, 5.74) is 6.75. The highest BCUT2D eigenvalue weighted by atomic mass is 32.1. The Labute approximate surface area is 187 Å². The van der Waals surface area contributed by atoms with E-state index in [2.05, 4.69) is 38.5 Å². The van der Waals surface area contributed by atoms with Crippen LogP contribution in [-0.2, 0) is 16.8 Å². The molecule has 0 unspecified atom stereocenters. The number of hydrogen-bond donors (Lipinski definition) is 4. The maximum atomic E-state index is 12.0. The molecule has 7 nitrogen and oxygen atoms in total. The van der Waals surface area contributed by atoms with Gasteiger partial charge in [-0.1, -0.05) is 37.5 Å². The Morgan fingerprint density at radius 1 is 1.06 bits per heavy atom. The number of thiophene rings is 1. The van der Waals surface area contributed by atoms with Crippen molar-refractivity contribution in [3.63, 3.8) is 0 Å². The quantitative estimate of drug-likeness (QED) is 0.373. The zero-order valence-corrected chi connectivity index (χ0v) is 18.8. The summed E-state index contributed by atoms with van der Waals surface area (Å²) in [7, 11) is 1.78. The van der Waals surface area contributed by atoms with Gasteiger partial charge in [-0.25, -0.2) is 0 Å². The van der Waals surface area contributed by atoms with Crippen LogP contribution in [0.25, 0.3) is 0 Å². The maximum Gasteiger partial charge on any atom is 0.251 e. The number of nitrogens with zero attached hydrogens (tertiary/aromatic N) is 1. The molecule has 2 amide bonds. The number of guanidine groups is 1. The third-order valence-corrected chi connectivity index (χ3v) is 6.89. The van der Waals surface area contributed by atoms with E-state index in [1.165, 1.54) is 37.0 Å². The first-order valence-electron chi connectivity index (χ1n) is 10.7. The third-order valence-electron chi connectivity index (χ3n) is 5.77. The minimum absolute atomic E-state index is 0.170. The number of carbonyl (C=O) groups excluding carboxylic acids is 2. The van der Waals surface area contributed by atoms with Crippen molar-refractivity contribution in [3.8, 4) is 0 Å². The molecule has 166 valence electrons. The lowest BCUT2D eigenvalue weighted by Gasteiger charge is -2.37. The lowest BCUT2D eigenvalue weighted by molar-refractivity contribution is -0.117. The van der Waals surface area contributed by atoms with Crippen LogP contribution < -0.4 is 21.7 Å². The van der Waals surface area contributed by atoms with Gasteiger partial charge in [0.05, 0.1) is 6.54 Å². The lowest BCUT2D eigenvalue weighted by Crippen LogP contribution is -2.46. The topological polar surface area (TPSA) is 109 Å². The van der Waals surface area contributed by atoms with Crippen molar-refractivity contribution in [1.29, 1.82) is 0 Å². The molecular formula is C23H31N5O2S. The summed E-state index contributed by atoms with van der Waals surface area (Å²) in [6.07, 6.45) is 6.26. The zero-order valence-electron chi connectivity index (χ0n) is 17.9. The van der Waals surface area contributed by atoms with Gasteiger partial charge in [0, 0.05) is 36.0 Å². The second-order valence-corrected chi connectivity index (χ2v) is 8.89. The van der Waals surface area contributed by atoms with Gasteiger partial charge < -0.3 is 21.7 Å². The fourth-order valence-corrected chi connectivity index (χ4v) is 5.01. The molecule has 3 rings (SSSR count). The Bertz CT molecular complexity index is 887. The summed E-state index contributed by atoms with van der Waals surface area (Å²) in [6, 6.07) is 11.6. The largest absolute Gasteiger partial charge is 0.368 e. The molecule has 5 N–H and O–H groups in total. The van der Waals surface area contributed by atoms with Crippen molar-refractivity contribution in [1.82, 2.24) is 16.0 Å². The Balaban J connectivity index is 1.53. The van der Waals surface area contributed by atoms with E-state index in [-0.39, 0.29) is 17.9 Å². The molecule has 0 atom stereocenters. The molecule has 1 aromatic carbocycles. The van der Waals surface area contributed by atoms with Crippen LogP contribution in [0.3, 0.4) is 0 Å². The minimum atomic E-state index is -0.567. The van der Waals surface area contributed by atoms with E-state index in [0.717, 1.165) is 18.1 Å². The normalized spacial score (nSPS) is 15.8. The first kappa shape index (κ1) is 22.8. The van der Waals surface area contributed by atoms with Gasteiger partial charge in [0.2, 0.25) is 5.91 Å². The molecule has 0 spiro atoms. The van der Waals surface area contributed by atoms with Gasteiger partial charge in [-0.2, -0.15) is 0 Å². The SMILES string of the molecule is CN=C(NCc1ccc(C(=O)NCC(N)=O)cc1)NCC1(c2cccs2)CCCCC1. The number of primary amides is 1. The Morgan fingerprint density at radius 2 is 1.81 bits per heavy atom. The van der Waals surface area contributed by atoms with E-state index in [0.29, 0.717) is 12.1 Å². The fourth-order valence-electron chi connectivity index (χ4n) is 4.02. The van der Waals surface area contributed by atoms with Crippen molar-refractivity contribution < 1.29 is 9.59 Å². The molecular weight excluding hydrogens is 410 g/mol. The van der Waals surface area contributed by atoms with Gasteiger partial charge >= 0.3 is 0 Å². The van der Waals surface area contributed by atoms with E-state index in [9.17, 15) is 9.59 Å². The number of nitrogens with one attached hydrogen (secondary N) is 3. The number of rotatable bonds is 8. The Morgan fingerprint density at radius 3 is 2.42 bits per heavy atom. The average Bonchev–Trinajstić information content (AvgIpc) is 3.34.